The van der Waals surface area contributed by atoms with Gasteiger partial charge in [-0.2, -0.15) is 20.1 Å². The molecule has 154 valence electrons. The van der Waals surface area contributed by atoms with Gasteiger partial charge in [0, 0.05) is 25.2 Å². The molecule has 9 heteroatoms. The molecule has 0 bridgehead atoms. The summed E-state index contributed by atoms with van der Waals surface area (Å²) >= 11 is 0. The number of morpholine rings is 1. The standard InChI is InChI=1S/C21H23N7O2/c29-18-9-5-4-8-17(18)15-23-27-20-24-19(22-14-16-6-2-1-3-7-16)25-21(26-20)28-10-12-30-13-11-28/h1-9,29H,10-15H2,(H,22,24,25,26). The average molecular weight is 405 g/mol. The summed E-state index contributed by atoms with van der Waals surface area (Å²) in [5, 5.41) is 21.4. The number of phenolic OH excluding ortho intramolecular Hbond substituents is 1. The van der Waals surface area contributed by atoms with Crippen LogP contribution in [-0.2, 0) is 17.8 Å². The molecule has 2 N–H and O–H groups in total. The zero-order valence-electron chi connectivity index (χ0n) is 16.5. The van der Waals surface area contributed by atoms with E-state index in [1.165, 1.54) is 0 Å². The lowest BCUT2D eigenvalue weighted by Crippen LogP contribution is -2.37. The molecular formula is C21H23N7O2. The quantitative estimate of drug-likeness (QED) is 0.581. The number of aromatic nitrogens is 3. The number of hydrogen-bond acceptors (Lipinski definition) is 9. The number of anilines is 2. The van der Waals surface area contributed by atoms with Gasteiger partial charge in [0.15, 0.2) is 0 Å². The van der Waals surface area contributed by atoms with Gasteiger partial charge >= 0.3 is 0 Å². The highest BCUT2D eigenvalue weighted by atomic mass is 16.5. The van der Waals surface area contributed by atoms with Crippen molar-refractivity contribution < 1.29 is 9.84 Å². The van der Waals surface area contributed by atoms with Gasteiger partial charge in [-0.05, 0) is 11.6 Å². The maximum absolute atomic E-state index is 9.87. The number of hydrogen-bond donors (Lipinski definition) is 2. The minimum atomic E-state index is 0.186. The Morgan fingerprint density at radius 1 is 0.967 bits per heavy atom. The number of aromatic hydroxyl groups is 1. The van der Waals surface area contributed by atoms with Gasteiger partial charge < -0.3 is 20.1 Å². The molecule has 2 aromatic carbocycles. The van der Waals surface area contributed by atoms with E-state index in [0.717, 1.165) is 5.56 Å². The molecule has 1 aliphatic rings. The number of nitrogens with zero attached hydrogens (tertiary/aromatic N) is 6. The van der Waals surface area contributed by atoms with Crippen molar-refractivity contribution in [2.75, 3.05) is 36.5 Å². The summed E-state index contributed by atoms with van der Waals surface area (Å²) < 4.78 is 5.42. The minimum absolute atomic E-state index is 0.186. The van der Waals surface area contributed by atoms with E-state index in [9.17, 15) is 5.11 Å². The van der Waals surface area contributed by atoms with Crippen LogP contribution in [0, 0.1) is 0 Å². The summed E-state index contributed by atoms with van der Waals surface area (Å²) in [6.45, 7) is 3.48. The van der Waals surface area contributed by atoms with Gasteiger partial charge in [0.1, 0.15) is 5.75 Å². The molecule has 1 fully saturated rings. The first-order valence-electron chi connectivity index (χ1n) is 9.79. The smallest absolute Gasteiger partial charge is 0.275 e. The summed E-state index contributed by atoms with van der Waals surface area (Å²) in [6, 6.07) is 17.0. The Morgan fingerprint density at radius 3 is 2.53 bits per heavy atom. The number of azo groups is 1. The molecule has 0 aliphatic carbocycles. The first-order chi connectivity index (χ1) is 14.8. The second kappa shape index (κ2) is 9.75. The van der Waals surface area contributed by atoms with Crippen LogP contribution in [0.5, 0.6) is 5.75 Å². The number of benzene rings is 2. The molecule has 0 amide bonds. The molecule has 30 heavy (non-hydrogen) atoms. The average Bonchev–Trinajstić information content (AvgIpc) is 2.80. The number of rotatable bonds is 7. The molecule has 0 saturated carbocycles. The fourth-order valence-corrected chi connectivity index (χ4v) is 2.98. The van der Waals surface area contributed by atoms with Crippen molar-refractivity contribution in [3.8, 4) is 5.75 Å². The third-order valence-electron chi connectivity index (χ3n) is 4.59. The van der Waals surface area contributed by atoms with E-state index in [-0.39, 0.29) is 18.2 Å². The fraction of sp³-hybridized carbons (Fsp3) is 0.286. The van der Waals surface area contributed by atoms with Crippen LogP contribution in [0.15, 0.2) is 64.8 Å². The fourth-order valence-electron chi connectivity index (χ4n) is 2.98. The molecule has 0 radical (unpaired) electrons. The van der Waals surface area contributed by atoms with E-state index in [4.69, 9.17) is 4.74 Å². The lowest BCUT2D eigenvalue weighted by Gasteiger charge is -2.26. The van der Waals surface area contributed by atoms with Crippen molar-refractivity contribution in [1.82, 2.24) is 15.0 Å². The summed E-state index contributed by atoms with van der Waals surface area (Å²) in [6.07, 6.45) is 0. The number of nitrogens with one attached hydrogen (secondary N) is 1. The molecule has 1 saturated heterocycles. The monoisotopic (exact) mass is 405 g/mol. The van der Waals surface area contributed by atoms with Gasteiger partial charge in [0.05, 0.1) is 19.8 Å². The zero-order valence-corrected chi connectivity index (χ0v) is 16.5. The Morgan fingerprint density at radius 2 is 1.73 bits per heavy atom. The first-order valence-corrected chi connectivity index (χ1v) is 9.79. The summed E-state index contributed by atoms with van der Waals surface area (Å²) in [4.78, 5) is 15.4. The molecule has 0 spiro atoms. The highest BCUT2D eigenvalue weighted by Gasteiger charge is 2.16. The molecule has 1 aromatic heterocycles. The normalized spacial score (nSPS) is 14.2. The van der Waals surface area contributed by atoms with Crippen LogP contribution in [0.2, 0.25) is 0 Å². The molecule has 4 rings (SSSR count). The highest BCUT2D eigenvalue weighted by molar-refractivity contribution is 5.42. The largest absolute Gasteiger partial charge is 0.508 e. The van der Waals surface area contributed by atoms with Gasteiger partial charge in [-0.25, -0.2) is 0 Å². The number of ether oxygens (including phenoxy) is 1. The van der Waals surface area contributed by atoms with Gasteiger partial charge in [0.25, 0.3) is 5.95 Å². The van der Waals surface area contributed by atoms with Crippen molar-refractivity contribution in [3.63, 3.8) is 0 Å². The SMILES string of the molecule is Oc1ccccc1CN=Nc1nc(NCc2ccccc2)nc(N2CCOCC2)n1. The van der Waals surface area contributed by atoms with Gasteiger partial charge in [-0.15, -0.1) is 5.11 Å². The lowest BCUT2D eigenvalue weighted by atomic mass is 10.2. The summed E-state index contributed by atoms with van der Waals surface area (Å²) in [5.41, 5.74) is 1.81. The van der Waals surface area contributed by atoms with E-state index < -0.39 is 0 Å². The summed E-state index contributed by atoms with van der Waals surface area (Å²) in [7, 11) is 0. The maximum atomic E-state index is 9.87. The van der Waals surface area contributed by atoms with Crippen LogP contribution in [-0.4, -0.2) is 46.4 Å². The molecule has 1 aliphatic heterocycles. The third-order valence-corrected chi connectivity index (χ3v) is 4.59. The van der Waals surface area contributed by atoms with E-state index in [0.29, 0.717) is 50.3 Å². The van der Waals surface area contributed by atoms with Crippen LogP contribution in [0.1, 0.15) is 11.1 Å². The lowest BCUT2D eigenvalue weighted by molar-refractivity contribution is 0.122. The van der Waals surface area contributed by atoms with Gasteiger partial charge in [-0.1, -0.05) is 48.5 Å². The minimum Gasteiger partial charge on any atom is -0.508 e. The van der Waals surface area contributed by atoms with Gasteiger partial charge in [-0.3, -0.25) is 0 Å². The van der Waals surface area contributed by atoms with Crippen LogP contribution < -0.4 is 10.2 Å². The highest BCUT2D eigenvalue weighted by Crippen LogP contribution is 2.20. The van der Waals surface area contributed by atoms with Crippen LogP contribution in [0.4, 0.5) is 17.8 Å². The maximum Gasteiger partial charge on any atom is 0.275 e. The molecule has 0 unspecified atom stereocenters. The van der Waals surface area contributed by atoms with Crippen LogP contribution in [0.3, 0.4) is 0 Å². The van der Waals surface area contributed by atoms with E-state index in [1.54, 1.807) is 18.2 Å². The molecule has 3 aromatic rings. The van der Waals surface area contributed by atoms with Crippen molar-refractivity contribution >= 4 is 17.8 Å². The Labute approximate surface area is 174 Å². The Kier molecular flexibility index (Phi) is 6.41. The molecule has 0 atom stereocenters. The predicted molar refractivity (Wildman–Crippen MR) is 113 cm³/mol. The van der Waals surface area contributed by atoms with Crippen molar-refractivity contribution in [2.24, 2.45) is 10.2 Å². The number of phenols is 1. The van der Waals surface area contributed by atoms with Crippen LogP contribution in [0.25, 0.3) is 0 Å². The topological polar surface area (TPSA) is 108 Å². The third kappa shape index (κ3) is 5.26. The zero-order chi connectivity index (χ0) is 20.6. The van der Waals surface area contributed by atoms with Gasteiger partial charge in [0.2, 0.25) is 11.9 Å². The van der Waals surface area contributed by atoms with E-state index >= 15 is 0 Å². The van der Waals surface area contributed by atoms with Crippen LogP contribution >= 0.6 is 0 Å². The molecular weight excluding hydrogens is 382 g/mol. The van der Waals surface area contributed by atoms with Crippen molar-refractivity contribution in [3.05, 3.63) is 65.7 Å². The Bertz CT molecular complexity index is 992. The Hall–Kier alpha value is -3.59. The Balaban J connectivity index is 1.53. The summed E-state index contributed by atoms with van der Waals surface area (Å²) in [5.74, 6) is 1.39. The second-order valence-corrected chi connectivity index (χ2v) is 6.73. The number of para-hydroxylation sites is 1. The van der Waals surface area contributed by atoms with Crippen molar-refractivity contribution in [2.45, 2.75) is 13.1 Å². The predicted octanol–water partition coefficient (Wildman–Crippen LogP) is 3.31. The molecule has 2 heterocycles. The molecule has 9 nitrogen and oxygen atoms in total. The van der Waals surface area contributed by atoms with E-state index in [2.05, 4.69) is 30.5 Å². The van der Waals surface area contributed by atoms with E-state index in [1.807, 2.05) is 41.3 Å². The first kappa shape index (κ1) is 19.7. The van der Waals surface area contributed by atoms with Crippen molar-refractivity contribution in [1.29, 1.82) is 0 Å². The second-order valence-electron chi connectivity index (χ2n) is 6.73.